The minimum atomic E-state index is -0.342. The van der Waals surface area contributed by atoms with Crippen molar-refractivity contribution in [3.63, 3.8) is 0 Å². The molecule has 0 amide bonds. The summed E-state index contributed by atoms with van der Waals surface area (Å²) in [5, 5.41) is 14.2. The van der Waals surface area contributed by atoms with E-state index in [-0.39, 0.29) is 42.9 Å². The van der Waals surface area contributed by atoms with Crippen molar-refractivity contribution in [3.05, 3.63) is 46.6 Å². The van der Waals surface area contributed by atoms with Gasteiger partial charge in [0, 0.05) is 22.6 Å². The Labute approximate surface area is 173 Å². The molecule has 0 unspecified atom stereocenters. The highest BCUT2D eigenvalue weighted by Gasteiger charge is 2.20. The van der Waals surface area contributed by atoms with Crippen molar-refractivity contribution in [1.82, 2.24) is 9.88 Å². The lowest BCUT2D eigenvalue weighted by Gasteiger charge is -2.26. The van der Waals surface area contributed by atoms with Crippen molar-refractivity contribution < 1.29 is 14.6 Å². The zero-order valence-corrected chi connectivity index (χ0v) is 17.6. The molecule has 8 heteroatoms. The van der Waals surface area contributed by atoms with Crippen LogP contribution in [0.3, 0.4) is 0 Å². The Morgan fingerprint density at radius 1 is 1.46 bits per heavy atom. The molecule has 1 aromatic heterocycles. The number of benzene rings is 1. The second-order valence-corrected chi connectivity index (χ2v) is 6.79. The van der Waals surface area contributed by atoms with Crippen LogP contribution >= 0.6 is 40.7 Å². The smallest absolute Gasteiger partial charge is 0.340 e. The van der Waals surface area contributed by atoms with Gasteiger partial charge in [0.2, 0.25) is 0 Å². The maximum atomic E-state index is 12.0. The van der Waals surface area contributed by atoms with Crippen molar-refractivity contribution in [1.29, 1.82) is 0 Å². The molecule has 1 aromatic carbocycles. The summed E-state index contributed by atoms with van der Waals surface area (Å²) >= 11 is 3.56. The van der Waals surface area contributed by atoms with Gasteiger partial charge in [-0.1, -0.05) is 24.3 Å². The summed E-state index contributed by atoms with van der Waals surface area (Å²) in [5.74, 6) is -0.342. The average Bonchev–Trinajstić information content (AvgIpc) is 2.96. The largest absolute Gasteiger partial charge is 0.465 e. The van der Waals surface area contributed by atoms with Gasteiger partial charge >= 0.3 is 5.97 Å². The standard InChI is InChI=1S/C18H21BrN2O3.2ClH/c1-24-18(23)13-11-21(17-12(13)5-2-6-14(17)19)10-4-7-15-16(22)8-3-9-20-15;;/h2,4-7,11,15-16,20,22H,3,8-10H2,1H3;2*1H/b7-4+;;/t15-,16+;;/m1../s1. The lowest BCUT2D eigenvalue weighted by Crippen LogP contribution is -2.43. The summed E-state index contributed by atoms with van der Waals surface area (Å²) in [7, 11) is 1.39. The van der Waals surface area contributed by atoms with Gasteiger partial charge in [0.25, 0.3) is 0 Å². The Hall–Kier alpha value is -1.05. The van der Waals surface area contributed by atoms with Gasteiger partial charge in [-0.05, 0) is 41.4 Å². The third kappa shape index (κ3) is 4.81. The van der Waals surface area contributed by atoms with Crippen LogP contribution in [0.4, 0.5) is 0 Å². The molecule has 1 aliphatic heterocycles. The van der Waals surface area contributed by atoms with E-state index in [9.17, 15) is 9.90 Å². The Kier molecular flexibility index (Phi) is 9.13. The number of esters is 1. The molecule has 0 aliphatic carbocycles. The Morgan fingerprint density at radius 2 is 2.23 bits per heavy atom. The number of rotatable bonds is 4. The molecular weight excluding hydrogens is 443 g/mol. The fraction of sp³-hybridized carbons (Fsp3) is 0.389. The van der Waals surface area contributed by atoms with Crippen molar-refractivity contribution in [2.45, 2.75) is 31.5 Å². The van der Waals surface area contributed by atoms with Gasteiger partial charge in [0.1, 0.15) is 0 Å². The van der Waals surface area contributed by atoms with Crippen LogP contribution in [0, 0.1) is 0 Å². The molecule has 2 heterocycles. The summed E-state index contributed by atoms with van der Waals surface area (Å²) in [4.78, 5) is 12.0. The predicted octanol–water partition coefficient (Wildman–Crippen LogP) is 3.70. The first-order valence-corrected chi connectivity index (χ1v) is 8.85. The number of methoxy groups -OCH3 is 1. The fourth-order valence-electron chi connectivity index (χ4n) is 3.14. The number of halogens is 3. The molecule has 144 valence electrons. The van der Waals surface area contributed by atoms with Crippen LogP contribution in [0.1, 0.15) is 23.2 Å². The van der Waals surface area contributed by atoms with Crippen LogP contribution in [0.25, 0.3) is 10.9 Å². The molecule has 2 aromatic rings. The van der Waals surface area contributed by atoms with Crippen molar-refractivity contribution >= 4 is 57.6 Å². The number of nitrogens with zero attached hydrogens (tertiary/aromatic N) is 1. The highest BCUT2D eigenvalue weighted by Crippen LogP contribution is 2.29. The lowest BCUT2D eigenvalue weighted by atomic mass is 10.0. The molecule has 2 N–H and O–H groups in total. The van der Waals surface area contributed by atoms with Crippen molar-refractivity contribution in [2.75, 3.05) is 13.7 Å². The molecule has 0 radical (unpaired) electrons. The Morgan fingerprint density at radius 3 is 2.92 bits per heavy atom. The molecular formula is C18H23BrCl2N2O3. The zero-order chi connectivity index (χ0) is 17.1. The van der Waals surface area contributed by atoms with Crippen LogP contribution < -0.4 is 5.32 Å². The van der Waals surface area contributed by atoms with Gasteiger partial charge in [0.15, 0.2) is 0 Å². The van der Waals surface area contributed by atoms with Crippen LogP contribution in [0.5, 0.6) is 0 Å². The second-order valence-electron chi connectivity index (χ2n) is 5.94. The van der Waals surface area contributed by atoms with Crippen molar-refractivity contribution in [3.8, 4) is 0 Å². The number of carbonyl (C=O) groups excluding carboxylic acids is 1. The molecule has 1 fully saturated rings. The number of ether oxygens (including phenoxy) is 1. The highest BCUT2D eigenvalue weighted by molar-refractivity contribution is 9.10. The highest BCUT2D eigenvalue weighted by atomic mass is 79.9. The van der Waals surface area contributed by atoms with Gasteiger partial charge < -0.3 is 19.7 Å². The number of allylic oxidation sites excluding steroid dienone is 1. The van der Waals surface area contributed by atoms with Gasteiger partial charge in [-0.15, -0.1) is 24.8 Å². The van der Waals surface area contributed by atoms with E-state index < -0.39 is 0 Å². The molecule has 26 heavy (non-hydrogen) atoms. The molecule has 0 spiro atoms. The number of aliphatic hydroxyl groups is 1. The molecule has 0 saturated carbocycles. The Balaban J connectivity index is 0.00000169. The quantitative estimate of drug-likeness (QED) is 0.533. The number of carbonyl (C=O) groups is 1. The van der Waals surface area contributed by atoms with Crippen LogP contribution in [-0.4, -0.2) is 41.4 Å². The van der Waals surface area contributed by atoms with Crippen LogP contribution in [-0.2, 0) is 11.3 Å². The number of aliphatic hydroxyl groups excluding tert-OH is 1. The summed E-state index contributed by atoms with van der Waals surface area (Å²) in [5.41, 5.74) is 1.51. The lowest BCUT2D eigenvalue weighted by molar-refractivity contribution is 0.0602. The predicted molar refractivity (Wildman–Crippen MR) is 112 cm³/mol. The van der Waals surface area contributed by atoms with Crippen LogP contribution in [0.15, 0.2) is 41.0 Å². The van der Waals surface area contributed by atoms with E-state index >= 15 is 0 Å². The minimum Gasteiger partial charge on any atom is -0.465 e. The number of hydrogen-bond donors (Lipinski definition) is 2. The van der Waals surface area contributed by atoms with E-state index in [0.717, 1.165) is 34.8 Å². The molecule has 1 aliphatic rings. The maximum absolute atomic E-state index is 12.0. The summed E-state index contributed by atoms with van der Waals surface area (Å²) in [6.45, 7) is 1.54. The fourth-order valence-corrected chi connectivity index (χ4v) is 3.74. The van der Waals surface area contributed by atoms with Gasteiger partial charge in [-0.2, -0.15) is 0 Å². The number of para-hydroxylation sites is 1. The zero-order valence-electron chi connectivity index (χ0n) is 14.4. The monoisotopic (exact) mass is 464 g/mol. The first-order chi connectivity index (χ1) is 11.6. The minimum absolute atomic E-state index is 0. The molecule has 5 nitrogen and oxygen atoms in total. The number of aromatic nitrogens is 1. The maximum Gasteiger partial charge on any atom is 0.340 e. The number of hydrogen-bond acceptors (Lipinski definition) is 4. The second kappa shape index (κ2) is 10.3. The summed E-state index contributed by atoms with van der Waals surface area (Å²) < 4.78 is 7.82. The normalized spacial score (nSPS) is 19.8. The third-order valence-corrected chi connectivity index (χ3v) is 5.01. The first-order valence-electron chi connectivity index (χ1n) is 8.05. The van der Waals surface area contributed by atoms with Gasteiger partial charge in [0.05, 0.1) is 30.3 Å². The van der Waals surface area contributed by atoms with Crippen molar-refractivity contribution in [2.24, 2.45) is 0 Å². The van der Waals surface area contributed by atoms with Gasteiger partial charge in [-0.3, -0.25) is 0 Å². The molecule has 2 atom stereocenters. The van der Waals surface area contributed by atoms with Crippen LogP contribution in [0.2, 0.25) is 0 Å². The molecule has 3 rings (SSSR count). The average molecular weight is 466 g/mol. The molecule has 1 saturated heterocycles. The number of piperidine rings is 1. The number of fused-ring (bicyclic) bond motifs is 1. The summed E-state index contributed by atoms with van der Waals surface area (Å²) in [6.07, 6.45) is 7.33. The SMILES string of the molecule is COC(=O)c1cn(C/C=C/[C@H]2NCCC[C@@H]2O)c2c(Br)cccc12.Cl.Cl. The summed E-state index contributed by atoms with van der Waals surface area (Å²) in [6, 6.07) is 5.76. The van der Waals surface area contributed by atoms with Gasteiger partial charge in [-0.25, -0.2) is 4.79 Å². The van der Waals surface area contributed by atoms with E-state index in [4.69, 9.17) is 4.74 Å². The van der Waals surface area contributed by atoms with E-state index in [1.54, 1.807) is 0 Å². The third-order valence-electron chi connectivity index (χ3n) is 4.37. The van der Waals surface area contributed by atoms with E-state index in [2.05, 4.69) is 21.2 Å². The van der Waals surface area contributed by atoms with E-state index in [1.807, 2.05) is 41.1 Å². The van der Waals surface area contributed by atoms with E-state index in [1.165, 1.54) is 7.11 Å². The van der Waals surface area contributed by atoms with E-state index in [0.29, 0.717) is 12.1 Å². The number of nitrogens with one attached hydrogen (secondary N) is 1. The first kappa shape index (κ1) is 23.0. The Bertz CT molecular complexity index is 779. The molecule has 0 bridgehead atoms. The topological polar surface area (TPSA) is 63.5 Å².